The molecule has 2 N–H and O–H groups in total. The predicted octanol–water partition coefficient (Wildman–Crippen LogP) is 0.944. The van der Waals surface area contributed by atoms with E-state index in [0.29, 0.717) is 5.96 Å². The Morgan fingerprint density at radius 1 is 1.50 bits per heavy atom. The van der Waals surface area contributed by atoms with Crippen LogP contribution in [-0.2, 0) is 13.5 Å². The van der Waals surface area contributed by atoms with Crippen molar-refractivity contribution in [2.75, 3.05) is 31.1 Å². The average Bonchev–Trinajstić information content (AvgIpc) is 2.76. The summed E-state index contributed by atoms with van der Waals surface area (Å²) in [7, 11) is 1.95. The molecular weight excluding hydrogens is 361 g/mol. The maximum Gasteiger partial charge on any atom is 0.191 e. The van der Waals surface area contributed by atoms with Gasteiger partial charge >= 0.3 is 0 Å². The monoisotopic (exact) mass is 381 g/mol. The molecule has 0 radical (unpaired) electrons. The highest BCUT2D eigenvalue weighted by molar-refractivity contribution is 14.0. The Kier molecular flexibility index (Phi) is 6.83. The number of rotatable bonds is 3. The normalized spacial score (nSPS) is 16.5. The molecular formula is C11H20IN5S. The molecule has 1 aliphatic heterocycles. The molecule has 1 aromatic rings. The van der Waals surface area contributed by atoms with Gasteiger partial charge in [0.2, 0.25) is 0 Å². The Hall–Kier alpha value is -0.440. The van der Waals surface area contributed by atoms with Crippen LogP contribution in [0.2, 0.25) is 0 Å². The maximum atomic E-state index is 5.97. The van der Waals surface area contributed by atoms with Crippen LogP contribution in [0.15, 0.2) is 17.3 Å². The first-order valence-electron chi connectivity index (χ1n) is 5.87. The largest absolute Gasteiger partial charge is 0.370 e. The molecule has 1 fully saturated rings. The summed E-state index contributed by atoms with van der Waals surface area (Å²) in [4.78, 5) is 6.60. The molecule has 0 bridgehead atoms. The van der Waals surface area contributed by atoms with E-state index in [9.17, 15) is 0 Å². The maximum absolute atomic E-state index is 5.97. The molecule has 0 aliphatic carbocycles. The number of nitrogens with two attached hydrogens (primary N) is 1. The molecule has 102 valence electrons. The van der Waals surface area contributed by atoms with Crippen LogP contribution in [0.4, 0.5) is 0 Å². The lowest BCUT2D eigenvalue weighted by molar-refractivity contribution is 0.456. The van der Waals surface area contributed by atoms with Crippen molar-refractivity contribution in [2.45, 2.75) is 6.42 Å². The van der Waals surface area contributed by atoms with Crippen molar-refractivity contribution >= 4 is 41.7 Å². The number of nitrogens with zero attached hydrogens (tertiary/aromatic N) is 4. The summed E-state index contributed by atoms with van der Waals surface area (Å²) in [5, 5.41) is 4.13. The summed E-state index contributed by atoms with van der Waals surface area (Å²) in [5.74, 6) is 2.99. The number of hydrogen-bond donors (Lipinski definition) is 1. The first-order chi connectivity index (χ1) is 8.27. The van der Waals surface area contributed by atoms with Crippen molar-refractivity contribution in [3.05, 3.63) is 18.0 Å². The van der Waals surface area contributed by atoms with Crippen molar-refractivity contribution in [3.63, 3.8) is 0 Å². The van der Waals surface area contributed by atoms with Gasteiger partial charge in [-0.15, -0.1) is 24.0 Å². The van der Waals surface area contributed by atoms with E-state index in [2.05, 4.69) is 15.0 Å². The van der Waals surface area contributed by atoms with E-state index < -0.39 is 0 Å². The number of aryl methyl sites for hydroxylation is 1. The molecule has 2 heterocycles. The van der Waals surface area contributed by atoms with E-state index >= 15 is 0 Å². The molecule has 5 nitrogen and oxygen atoms in total. The Balaban J connectivity index is 0.00000162. The topological polar surface area (TPSA) is 59.4 Å². The first kappa shape index (κ1) is 15.6. The van der Waals surface area contributed by atoms with Crippen LogP contribution in [0.5, 0.6) is 0 Å². The quantitative estimate of drug-likeness (QED) is 0.481. The van der Waals surface area contributed by atoms with Crippen molar-refractivity contribution < 1.29 is 0 Å². The van der Waals surface area contributed by atoms with Crippen LogP contribution in [-0.4, -0.2) is 51.8 Å². The lowest BCUT2D eigenvalue weighted by atomic mass is 10.3. The van der Waals surface area contributed by atoms with Crippen LogP contribution < -0.4 is 5.73 Å². The zero-order valence-electron chi connectivity index (χ0n) is 10.6. The third-order valence-corrected chi connectivity index (χ3v) is 3.84. The number of aromatic nitrogens is 2. The Bertz CT molecular complexity index is 387. The number of halogens is 1. The molecule has 1 aliphatic rings. The van der Waals surface area contributed by atoms with Gasteiger partial charge in [-0.05, 0) is 6.07 Å². The smallest absolute Gasteiger partial charge is 0.191 e. The third-order valence-electron chi connectivity index (χ3n) is 2.90. The molecule has 0 saturated carbocycles. The standard InChI is InChI=1S/C11H19N5S.HI/c1-15-10(3-5-14-15)2-4-13-11(12)16-6-8-17-9-7-16;/h3,5H,2,4,6-9H2,1H3,(H2,12,13);1H. The van der Waals surface area contributed by atoms with Crippen LogP contribution in [0.25, 0.3) is 0 Å². The van der Waals surface area contributed by atoms with E-state index in [-0.39, 0.29) is 24.0 Å². The molecule has 2 rings (SSSR count). The zero-order chi connectivity index (χ0) is 12.1. The summed E-state index contributed by atoms with van der Waals surface area (Å²) in [6.45, 7) is 2.77. The summed E-state index contributed by atoms with van der Waals surface area (Å²) in [5.41, 5.74) is 7.16. The zero-order valence-corrected chi connectivity index (χ0v) is 13.7. The SMILES string of the molecule is Cn1nccc1CCN=C(N)N1CCSCC1.I. The fourth-order valence-corrected chi connectivity index (χ4v) is 2.73. The van der Waals surface area contributed by atoms with Gasteiger partial charge in [0, 0.05) is 56.5 Å². The summed E-state index contributed by atoms with van der Waals surface area (Å²) < 4.78 is 1.88. The van der Waals surface area contributed by atoms with Crippen molar-refractivity contribution in [3.8, 4) is 0 Å². The second-order valence-corrected chi connectivity index (χ2v) is 5.26. The van der Waals surface area contributed by atoms with Gasteiger partial charge in [0.15, 0.2) is 5.96 Å². The van der Waals surface area contributed by atoms with Crippen molar-refractivity contribution in [2.24, 2.45) is 17.8 Å². The van der Waals surface area contributed by atoms with Gasteiger partial charge in [0.1, 0.15) is 0 Å². The predicted molar refractivity (Wildman–Crippen MR) is 87.7 cm³/mol. The number of aliphatic imine (C=N–C) groups is 1. The highest BCUT2D eigenvalue weighted by Gasteiger charge is 2.11. The minimum atomic E-state index is 0. The number of hydrogen-bond acceptors (Lipinski definition) is 3. The van der Waals surface area contributed by atoms with Crippen LogP contribution >= 0.6 is 35.7 Å². The van der Waals surface area contributed by atoms with Crippen LogP contribution in [0.1, 0.15) is 5.69 Å². The Labute approximate surface area is 129 Å². The van der Waals surface area contributed by atoms with Gasteiger partial charge in [0.25, 0.3) is 0 Å². The van der Waals surface area contributed by atoms with Crippen LogP contribution in [0, 0.1) is 0 Å². The van der Waals surface area contributed by atoms with Crippen molar-refractivity contribution in [1.29, 1.82) is 0 Å². The van der Waals surface area contributed by atoms with Crippen LogP contribution in [0.3, 0.4) is 0 Å². The second kappa shape index (κ2) is 7.88. The third kappa shape index (κ3) is 4.34. The van der Waals surface area contributed by atoms with Gasteiger partial charge in [-0.3, -0.25) is 9.67 Å². The Morgan fingerprint density at radius 3 is 2.83 bits per heavy atom. The van der Waals surface area contributed by atoms with Gasteiger partial charge in [0.05, 0.1) is 0 Å². The number of guanidine groups is 1. The molecule has 18 heavy (non-hydrogen) atoms. The highest BCUT2D eigenvalue weighted by atomic mass is 127. The summed E-state index contributed by atoms with van der Waals surface area (Å²) in [6.07, 6.45) is 2.70. The number of thioether (sulfide) groups is 1. The minimum Gasteiger partial charge on any atom is -0.370 e. The fraction of sp³-hybridized carbons (Fsp3) is 0.636. The molecule has 0 atom stereocenters. The van der Waals surface area contributed by atoms with E-state index in [4.69, 9.17) is 5.73 Å². The second-order valence-electron chi connectivity index (χ2n) is 4.04. The molecule has 0 aromatic carbocycles. The molecule has 1 saturated heterocycles. The summed E-state index contributed by atoms with van der Waals surface area (Å²) >= 11 is 1.98. The summed E-state index contributed by atoms with van der Waals surface area (Å²) in [6, 6.07) is 2.02. The highest BCUT2D eigenvalue weighted by Crippen LogP contribution is 2.08. The molecule has 1 aromatic heterocycles. The molecule has 0 spiro atoms. The fourth-order valence-electron chi connectivity index (χ4n) is 1.82. The molecule has 0 unspecified atom stereocenters. The van der Waals surface area contributed by atoms with Crippen molar-refractivity contribution in [1.82, 2.24) is 14.7 Å². The van der Waals surface area contributed by atoms with E-state index in [1.54, 1.807) is 0 Å². The lowest BCUT2D eigenvalue weighted by Crippen LogP contribution is -2.42. The van der Waals surface area contributed by atoms with E-state index in [0.717, 1.165) is 37.6 Å². The lowest BCUT2D eigenvalue weighted by Gasteiger charge is -2.27. The molecule has 7 heteroatoms. The van der Waals surface area contributed by atoms with Gasteiger partial charge in [-0.1, -0.05) is 0 Å². The van der Waals surface area contributed by atoms with E-state index in [1.165, 1.54) is 5.69 Å². The molecule has 0 amide bonds. The minimum absolute atomic E-state index is 0. The van der Waals surface area contributed by atoms with Gasteiger partial charge in [-0.25, -0.2) is 0 Å². The average molecular weight is 381 g/mol. The van der Waals surface area contributed by atoms with Gasteiger partial charge in [-0.2, -0.15) is 16.9 Å². The van der Waals surface area contributed by atoms with E-state index in [1.807, 2.05) is 35.8 Å². The first-order valence-corrected chi connectivity index (χ1v) is 7.02. The Morgan fingerprint density at radius 2 is 2.22 bits per heavy atom. The van der Waals surface area contributed by atoms with Gasteiger partial charge < -0.3 is 10.6 Å².